The SMILES string of the molecule is Cc1cccnc1CN1CCN(C(C)(C)C(N)=S)CC1. The summed E-state index contributed by atoms with van der Waals surface area (Å²) in [6, 6.07) is 4.11. The zero-order chi connectivity index (χ0) is 14.8. The number of hydrogen-bond donors (Lipinski definition) is 1. The van der Waals surface area contributed by atoms with E-state index in [2.05, 4.69) is 41.6 Å². The van der Waals surface area contributed by atoms with Gasteiger partial charge in [-0.3, -0.25) is 14.8 Å². The van der Waals surface area contributed by atoms with Gasteiger partial charge in [0.15, 0.2) is 0 Å². The molecule has 110 valence electrons. The molecule has 0 atom stereocenters. The van der Waals surface area contributed by atoms with E-state index in [1.54, 1.807) is 0 Å². The summed E-state index contributed by atoms with van der Waals surface area (Å²) >= 11 is 5.18. The third-order valence-corrected chi connectivity index (χ3v) is 4.76. The molecule has 4 nitrogen and oxygen atoms in total. The fourth-order valence-corrected chi connectivity index (χ4v) is 2.65. The van der Waals surface area contributed by atoms with E-state index in [4.69, 9.17) is 18.0 Å². The molecule has 5 heteroatoms. The Morgan fingerprint density at radius 2 is 2.00 bits per heavy atom. The Morgan fingerprint density at radius 3 is 2.55 bits per heavy atom. The van der Waals surface area contributed by atoms with Crippen molar-refractivity contribution in [1.82, 2.24) is 14.8 Å². The van der Waals surface area contributed by atoms with Crippen LogP contribution < -0.4 is 5.73 Å². The van der Waals surface area contributed by atoms with Crippen LogP contribution in [0.1, 0.15) is 25.1 Å². The highest BCUT2D eigenvalue weighted by Gasteiger charge is 2.32. The molecule has 0 saturated carbocycles. The molecule has 1 aliphatic heterocycles. The predicted octanol–water partition coefficient (Wildman–Crippen LogP) is 1.57. The summed E-state index contributed by atoms with van der Waals surface area (Å²) in [5.74, 6) is 0. The van der Waals surface area contributed by atoms with E-state index in [0.29, 0.717) is 4.99 Å². The Labute approximate surface area is 127 Å². The average Bonchev–Trinajstić information content (AvgIpc) is 2.42. The normalized spacial score (nSPS) is 18.1. The first-order valence-electron chi connectivity index (χ1n) is 7.09. The Kier molecular flexibility index (Phi) is 4.73. The molecule has 1 aromatic rings. The van der Waals surface area contributed by atoms with Gasteiger partial charge in [0, 0.05) is 38.9 Å². The minimum atomic E-state index is -0.192. The molecule has 2 N–H and O–H groups in total. The van der Waals surface area contributed by atoms with Crippen LogP contribution >= 0.6 is 12.2 Å². The molecular formula is C15H24N4S. The molecule has 0 bridgehead atoms. The van der Waals surface area contributed by atoms with E-state index in [1.165, 1.54) is 11.3 Å². The van der Waals surface area contributed by atoms with E-state index in [9.17, 15) is 0 Å². The molecular weight excluding hydrogens is 268 g/mol. The highest BCUT2D eigenvalue weighted by molar-refractivity contribution is 7.80. The second-order valence-electron chi connectivity index (χ2n) is 5.95. The molecule has 0 unspecified atom stereocenters. The van der Waals surface area contributed by atoms with E-state index in [-0.39, 0.29) is 5.54 Å². The van der Waals surface area contributed by atoms with Crippen LogP contribution in [-0.4, -0.2) is 51.5 Å². The number of piperazine rings is 1. The van der Waals surface area contributed by atoms with Gasteiger partial charge in [0.2, 0.25) is 0 Å². The first-order chi connectivity index (χ1) is 9.41. The van der Waals surface area contributed by atoms with Crippen molar-refractivity contribution in [2.75, 3.05) is 26.2 Å². The summed E-state index contributed by atoms with van der Waals surface area (Å²) in [6.45, 7) is 11.3. The Morgan fingerprint density at radius 1 is 1.35 bits per heavy atom. The molecule has 0 spiro atoms. The maximum absolute atomic E-state index is 5.85. The quantitative estimate of drug-likeness (QED) is 0.854. The number of nitrogens with two attached hydrogens (primary N) is 1. The van der Waals surface area contributed by atoms with Crippen LogP contribution in [0.15, 0.2) is 18.3 Å². The largest absolute Gasteiger partial charge is 0.392 e. The van der Waals surface area contributed by atoms with Crippen LogP contribution in [0.3, 0.4) is 0 Å². The summed E-state index contributed by atoms with van der Waals surface area (Å²) in [7, 11) is 0. The zero-order valence-electron chi connectivity index (χ0n) is 12.6. The maximum Gasteiger partial charge on any atom is 0.0928 e. The van der Waals surface area contributed by atoms with E-state index in [1.807, 2.05) is 12.3 Å². The van der Waals surface area contributed by atoms with Gasteiger partial charge in [-0.15, -0.1) is 0 Å². The summed E-state index contributed by atoms with van der Waals surface area (Å²) in [5, 5.41) is 0. The molecule has 2 rings (SSSR count). The molecule has 0 radical (unpaired) electrons. The lowest BCUT2D eigenvalue weighted by molar-refractivity contribution is 0.0813. The summed E-state index contributed by atoms with van der Waals surface area (Å²) in [4.78, 5) is 9.87. The van der Waals surface area contributed by atoms with Crippen molar-refractivity contribution in [2.45, 2.75) is 32.9 Å². The van der Waals surface area contributed by atoms with E-state index >= 15 is 0 Å². The smallest absolute Gasteiger partial charge is 0.0928 e. The van der Waals surface area contributed by atoms with Gasteiger partial charge in [-0.2, -0.15) is 0 Å². The third-order valence-electron chi connectivity index (χ3n) is 4.26. The Hall–Kier alpha value is -1.04. The average molecular weight is 292 g/mol. The summed E-state index contributed by atoms with van der Waals surface area (Å²) < 4.78 is 0. The van der Waals surface area contributed by atoms with Crippen LogP contribution in [0.4, 0.5) is 0 Å². The molecule has 1 fully saturated rings. The van der Waals surface area contributed by atoms with Gasteiger partial charge < -0.3 is 5.73 Å². The second-order valence-corrected chi connectivity index (χ2v) is 6.39. The zero-order valence-corrected chi connectivity index (χ0v) is 13.4. The fraction of sp³-hybridized carbons (Fsp3) is 0.600. The summed E-state index contributed by atoms with van der Waals surface area (Å²) in [6.07, 6.45) is 1.87. The highest BCUT2D eigenvalue weighted by atomic mass is 32.1. The standard InChI is InChI=1S/C15H24N4S/c1-12-5-4-6-17-13(12)11-18-7-9-19(10-8-18)15(2,3)14(16)20/h4-6H,7-11H2,1-3H3,(H2,16,20). The first-order valence-corrected chi connectivity index (χ1v) is 7.50. The molecule has 1 saturated heterocycles. The molecule has 1 aromatic heterocycles. The van der Waals surface area contributed by atoms with Crippen LogP contribution in [0.2, 0.25) is 0 Å². The first kappa shape index (κ1) is 15.4. The highest BCUT2D eigenvalue weighted by Crippen LogP contribution is 2.18. The Bertz CT molecular complexity index is 479. The van der Waals surface area contributed by atoms with Gasteiger partial charge in [0.1, 0.15) is 0 Å². The number of hydrogen-bond acceptors (Lipinski definition) is 4. The molecule has 0 amide bonds. The minimum Gasteiger partial charge on any atom is -0.392 e. The van der Waals surface area contributed by atoms with Crippen molar-refractivity contribution in [3.8, 4) is 0 Å². The van der Waals surface area contributed by atoms with Crippen molar-refractivity contribution in [2.24, 2.45) is 5.73 Å². The lowest BCUT2D eigenvalue weighted by Crippen LogP contribution is -2.59. The number of aromatic nitrogens is 1. The van der Waals surface area contributed by atoms with Crippen molar-refractivity contribution in [3.63, 3.8) is 0 Å². The van der Waals surface area contributed by atoms with Gasteiger partial charge in [-0.25, -0.2) is 0 Å². The van der Waals surface area contributed by atoms with Crippen LogP contribution in [-0.2, 0) is 6.54 Å². The molecule has 2 heterocycles. The van der Waals surface area contributed by atoms with Crippen molar-refractivity contribution < 1.29 is 0 Å². The number of rotatable bonds is 4. The van der Waals surface area contributed by atoms with E-state index in [0.717, 1.165) is 32.7 Å². The number of nitrogens with zero attached hydrogens (tertiary/aromatic N) is 3. The monoisotopic (exact) mass is 292 g/mol. The van der Waals surface area contributed by atoms with Gasteiger partial charge in [0.25, 0.3) is 0 Å². The summed E-state index contributed by atoms with van der Waals surface area (Å²) in [5.41, 5.74) is 8.09. The second kappa shape index (κ2) is 6.16. The van der Waals surface area contributed by atoms with Crippen LogP contribution in [0.25, 0.3) is 0 Å². The van der Waals surface area contributed by atoms with Gasteiger partial charge in [0.05, 0.1) is 16.2 Å². The van der Waals surface area contributed by atoms with Gasteiger partial charge in [-0.1, -0.05) is 18.3 Å². The lowest BCUT2D eigenvalue weighted by Gasteiger charge is -2.43. The maximum atomic E-state index is 5.85. The van der Waals surface area contributed by atoms with Crippen molar-refractivity contribution in [3.05, 3.63) is 29.6 Å². The lowest BCUT2D eigenvalue weighted by atomic mass is 10.0. The molecule has 20 heavy (non-hydrogen) atoms. The fourth-order valence-electron chi connectivity index (χ4n) is 2.52. The molecule has 1 aliphatic rings. The molecule has 0 aromatic carbocycles. The predicted molar refractivity (Wildman–Crippen MR) is 86.7 cm³/mol. The molecule has 0 aliphatic carbocycles. The number of aryl methyl sites for hydroxylation is 1. The minimum absolute atomic E-state index is 0.192. The third kappa shape index (κ3) is 3.34. The van der Waals surface area contributed by atoms with E-state index < -0.39 is 0 Å². The van der Waals surface area contributed by atoms with Crippen LogP contribution in [0.5, 0.6) is 0 Å². The van der Waals surface area contributed by atoms with Crippen molar-refractivity contribution in [1.29, 1.82) is 0 Å². The van der Waals surface area contributed by atoms with Gasteiger partial charge in [-0.05, 0) is 32.4 Å². The van der Waals surface area contributed by atoms with Gasteiger partial charge >= 0.3 is 0 Å². The Balaban J connectivity index is 1.92. The number of thiocarbonyl (C=S) groups is 1. The topological polar surface area (TPSA) is 45.4 Å². The van der Waals surface area contributed by atoms with Crippen molar-refractivity contribution >= 4 is 17.2 Å². The number of pyridine rings is 1. The van der Waals surface area contributed by atoms with Crippen LogP contribution in [0, 0.1) is 6.92 Å².